The van der Waals surface area contributed by atoms with E-state index in [1.54, 1.807) is 14.2 Å². The highest BCUT2D eigenvalue weighted by Crippen LogP contribution is 2.46. The molecule has 1 heterocycles. The Labute approximate surface area is 220 Å². The van der Waals surface area contributed by atoms with Gasteiger partial charge in [-0.25, -0.2) is 0 Å². The van der Waals surface area contributed by atoms with Crippen molar-refractivity contribution in [3.05, 3.63) is 89.0 Å². The van der Waals surface area contributed by atoms with E-state index in [0.29, 0.717) is 6.61 Å². The Kier molecular flexibility index (Phi) is 8.12. The van der Waals surface area contributed by atoms with E-state index in [-0.39, 0.29) is 0 Å². The van der Waals surface area contributed by atoms with Crippen LogP contribution in [0.1, 0.15) is 54.0 Å². The van der Waals surface area contributed by atoms with Crippen molar-refractivity contribution in [2.75, 3.05) is 40.5 Å². The van der Waals surface area contributed by atoms with Gasteiger partial charge in [-0.3, -0.25) is 4.90 Å². The fourth-order valence-electron chi connectivity index (χ4n) is 5.60. The lowest BCUT2D eigenvalue weighted by Gasteiger charge is -2.28. The summed E-state index contributed by atoms with van der Waals surface area (Å²) in [5.41, 5.74) is 6.15. The number of methoxy groups -OCH3 is 2. The van der Waals surface area contributed by atoms with Gasteiger partial charge < -0.3 is 19.3 Å². The molecule has 5 heteroatoms. The van der Waals surface area contributed by atoms with Crippen LogP contribution in [0.4, 0.5) is 0 Å². The van der Waals surface area contributed by atoms with Crippen LogP contribution in [0.2, 0.25) is 0 Å². The maximum absolute atomic E-state index is 11.8. The third-order valence-electron chi connectivity index (χ3n) is 7.60. The molecule has 5 rings (SSSR count). The van der Waals surface area contributed by atoms with Crippen molar-refractivity contribution < 1.29 is 19.3 Å². The lowest BCUT2D eigenvalue weighted by Crippen LogP contribution is -2.33. The number of benzene rings is 3. The molecule has 0 radical (unpaired) electrons. The monoisotopic (exact) mass is 499 g/mol. The van der Waals surface area contributed by atoms with Gasteiger partial charge in [-0.15, -0.1) is 0 Å². The van der Waals surface area contributed by atoms with Crippen molar-refractivity contribution >= 4 is 11.1 Å². The van der Waals surface area contributed by atoms with Crippen LogP contribution >= 0.6 is 0 Å². The summed E-state index contributed by atoms with van der Waals surface area (Å²) < 4.78 is 17.2. The number of para-hydroxylation sites is 1. The van der Waals surface area contributed by atoms with Crippen LogP contribution in [0.15, 0.2) is 66.7 Å². The molecule has 1 atom stereocenters. The predicted octanol–water partition coefficient (Wildman–Crippen LogP) is 6.16. The molecule has 1 N–H and O–H groups in total. The van der Waals surface area contributed by atoms with Gasteiger partial charge in [0.25, 0.3) is 0 Å². The normalized spacial score (nSPS) is 16.7. The maximum Gasteiger partial charge on any atom is 0.126 e. The van der Waals surface area contributed by atoms with E-state index in [1.807, 2.05) is 48.5 Å². The summed E-state index contributed by atoms with van der Waals surface area (Å²) in [5.74, 6) is 2.48. The SMILES string of the molecule is COc1ccc2c(c1)CCC(c1ccccc1OC)=C2C(O)c1ccc(OCCN2CCCCC2)cc1. The third-order valence-corrected chi connectivity index (χ3v) is 7.60. The number of hydrogen-bond acceptors (Lipinski definition) is 5. The highest BCUT2D eigenvalue weighted by Gasteiger charge is 2.28. The fourth-order valence-corrected chi connectivity index (χ4v) is 5.60. The van der Waals surface area contributed by atoms with Gasteiger partial charge in [0, 0.05) is 12.1 Å². The molecular weight excluding hydrogens is 462 g/mol. The lowest BCUT2D eigenvalue weighted by atomic mass is 9.78. The average Bonchev–Trinajstić information content (AvgIpc) is 2.96. The number of rotatable bonds is 9. The first kappa shape index (κ1) is 25.4. The zero-order valence-electron chi connectivity index (χ0n) is 21.9. The molecule has 3 aromatic carbocycles. The number of nitrogens with zero attached hydrogens (tertiary/aromatic N) is 1. The van der Waals surface area contributed by atoms with Gasteiger partial charge in [0.1, 0.15) is 30.0 Å². The van der Waals surface area contributed by atoms with Crippen LogP contribution in [0.5, 0.6) is 17.2 Å². The first-order valence-corrected chi connectivity index (χ1v) is 13.3. The summed E-state index contributed by atoms with van der Waals surface area (Å²) in [6.07, 6.45) is 4.82. The van der Waals surface area contributed by atoms with Gasteiger partial charge in [-0.2, -0.15) is 0 Å². The van der Waals surface area contributed by atoms with Crippen molar-refractivity contribution in [2.45, 2.75) is 38.2 Å². The maximum atomic E-state index is 11.8. The molecule has 1 aliphatic heterocycles. The zero-order chi connectivity index (χ0) is 25.6. The van der Waals surface area contributed by atoms with Gasteiger partial charge >= 0.3 is 0 Å². The van der Waals surface area contributed by atoms with Gasteiger partial charge in [-0.1, -0.05) is 42.8 Å². The Morgan fingerprint density at radius 3 is 2.32 bits per heavy atom. The molecule has 0 bridgehead atoms. The minimum atomic E-state index is -0.783. The second-order valence-electron chi connectivity index (χ2n) is 9.84. The standard InChI is InChI=1S/C32H37NO4/c1-35-26-15-17-27-24(22-26)12-16-29(28-8-4-5-9-30(28)36-2)31(27)32(34)23-10-13-25(14-11-23)37-21-20-33-18-6-3-7-19-33/h4-5,8-11,13-15,17,22,32,34H,3,6-7,12,16,18-21H2,1-2H3. The first-order valence-electron chi connectivity index (χ1n) is 13.3. The van der Waals surface area contributed by atoms with E-state index < -0.39 is 6.10 Å². The number of aliphatic hydroxyl groups excluding tert-OH is 1. The zero-order valence-corrected chi connectivity index (χ0v) is 21.9. The van der Waals surface area contributed by atoms with Gasteiger partial charge in [0.05, 0.1) is 14.2 Å². The van der Waals surface area contributed by atoms with Crippen LogP contribution in [-0.2, 0) is 6.42 Å². The van der Waals surface area contributed by atoms with E-state index >= 15 is 0 Å². The number of aliphatic hydroxyl groups is 1. The molecule has 0 aromatic heterocycles. The largest absolute Gasteiger partial charge is 0.497 e. The van der Waals surface area contributed by atoms with Crippen LogP contribution in [-0.4, -0.2) is 50.5 Å². The number of aryl methyl sites for hydroxylation is 1. The Balaban J connectivity index is 1.43. The number of ether oxygens (including phenoxy) is 3. The highest BCUT2D eigenvalue weighted by molar-refractivity contribution is 5.97. The van der Waals surface area contributed by atoms with Crippen molar-refractivity contribution in [3.8, 4) is 17.2 Å². The van der Waals surface area contributed by atoms with Gasteiger partial charge in [-0.05, 0) is 96.9 Å². The van der Waals surface area contributed by atoms with E-state index in [2.05, 4.69) is 23.1 Å². The summed E-state index contributed by atoms with van der Waals surface area (Å²) in [7, 11) is 3.38. The smallest absolute Gasteiger partial charge is 0.126 e. The highest BCUT2D eigenvalue weighted by atomic mass is 16.5. The Bertz CT molecular complexity index is 1230. The molecule has 3 aromatic rings. The first-order chi connectivity index (χ1) is 18.2. The van der Waals surface area contributed by atoms with Gasteiger partial charge in [0.15, 0.2) is 0 Å². The van der Waals surface area contributed by atoms with Crippen LogP contribution < -0.4 is 14.2 Å². The molecule has 2 aliphatic rings. The number of piperidine rings is 1. The molecular formula is C32H37NO4. The molecule has 194 valence electrons. The third kappa shape index (κ3) is 5.68. The summed E-state index contributed by atoms with van der Waals surface area (Å²) in [6, 6.07) is 22.1. The minimum Gasteiger partial charge on any atom is -0.497 e. The van der Waals surface area contributed by atoms with Crippen molar-refractivity contribution in [1.82, 2.24) is 4.90 Å². The predicted molar refractivity (Wildman–Crippen MR) is 148 cm³/mol. The fraction of sp³-hybridized carbons (Fsp3) is 0.375. The summed E-state index contributed by atoms with van der Waals surface area (Å²) in [6.45, 7) is 3.98. The molecule has 1 fully saturated rings. The molecule has 0 amide bonds. The molecule has 0 saturated carbocycles. The molecule has 0 spiro atoms. The van der Waals surface area contributed by atoms with Crippen molar-refractivity contribution in [3.63, 3.8) is 0 Å². The second kappa shape index (κ2) is 11.8. The Hall–Kier alpha value is -3.28. The molecule has 5 nitrogen and oxygen atoms in total. The second-order valence-corrected chi connectivity index (χ2v) is 9.84. The average molecular weight is 500 g/mol. The van der Waals surface area contributed by atoms with Crippen LogP contribution in [0, 0.1) is 0 Å². The topological polar surface area (TPSA) is 51.2 Å². The minimum absolute atomic E-state index is 0.681. The van der Waals surface area contributed by atoms with Crippen LogP contribution in [0.25, 0.3) is 11.1 Å². The van der Waals surface area contributed by atoms with E-state index in [4.69, 9.17) is 14.2 Å². The Morgan fingerprint density at radius 1 is 0.811 bits per heavy atom. The number of hydrogen-bond donors (Lipinski definition) is 1. The van der Waals surface area contributed by atoms with E-state index in [1.165, 1.54) is 37.9 Å². The van der Waals surface area contributed by atoms with Crippen LogP contribution in [0.3, 0.4) is 0 Å². The summed E-state index contributed by atoms with van der Waals surface area (Å²) >= 11 is 0. The number of likely N-dealkylation sites (tertiary alicyclic amines) is 1. The van der Waals surface area contributed by atoms with Gasteiger partial charge in [0.2, 0.25) is 0 Å². The Morgan fingerprint density at radius 2 is 1.57 bits per heavy atom. The van der Waals surface area contributed by atoms with E-state index in [0.717, 1.165) is 64.5 Å². The van der Waals surface area contributed by atoms with Crippen molar-refractivity contribution in [2.24, 2.45) is 0 Å². The summed E-state index contributed by atoms with van der Waals surface area (Å²) in [4.78, 5) is 2.48. The quantitative estimate of drug-likeness (QED) is 0.382. The molecule has 37 heavy (non-hydrogen) atoms. The number of allylic oxidation sites excluding steroid dienone is 1. The summed E-state index contributed by atoms with van der Waals surface area (Å²) in [5, 5.41) is 11.8. The lowest BCUT2D eigenvalue weighted by molar-refractivity contribution is 0.183. The number of fused-ring (bicyclic) bond motifs is 1. The molecule has 1 unspecified atom stereocenters. The van der Waals surface area contributed by atoms with E-state index in [9.17, 15) is 5.11 Å². The molecule has 1 saturated heterocycles. The van der Waals surface area contributed by atoms with Crippen molar-refractivity contribution in [1.29, 1.82) is 0 Å². The molecule has 1 aliphatic carbocycles.